The van der Waals surface area contributed by atoms with E-state index in [-0.39, 0.29) is 11.9 Å². The predicted molar refractivity (Wildman–Crippen MR) is 89.5 cm³/mol. The van der Waals surface area contributed by atoms with E-state index in [4.69, 9.17) is 0 Å². The Kier molecular flexibility index (Phi) is 4.60. The first-order valence-corrected chi connectivity index (χ1v) is 8.07. The lowest BCUT2D eigenvalue weighted by molar-refractivity contribution is 0.0583. The minimum Gasteiger partial charge on any atom is -0.363 e. The molecular formula is C17H23N5O. The summed E-state index contributed by atoms with van der Waals surface area (Å²) in [5.74, 6) is 0.924. The maximum absolute atomic E-state index is 12.9. The van der Waals surface area contributed by atoms with Crippen molar-refractivity contribution in [3.63, 3.8) is 0 Å². The Bertz CT molecular complexity index is 636. The van der Waals surface area contributed by atoms with Gasteiger partial charge in [0.2, 0.25) is 0 Å². The van der Waals surface area contributed by atoms with E-state index in [2.05, 4.69) is 10.1 Å². The molecule has 0 aliphatic carbocycles. The molecule has 2 aromatic rings. The van der Waals surface area contributed by atoms with E-state index in [1.807, 2.05) is 53.0 Å². The van der Waals surface area contributed by atoms with Crippen LogP contribution in [0.15, 0.2) is 36.8 Å². The molecule has 3 heterocycles. The van der Waals surface area contributed by atoms with Crippen molar-refractivity contribution in [2.24, 2.45) is 0 Å². The van der Waals surface area contributed by atoms with E-state index < -0.39 is 0 Å². The van der Waals surface area contributed by atoms with Gasteiger partial charge in [-0.05, 0) is 37.5 Å². The van der Waals surface area contributed by atoms with Gasteiger partial charge in [0, 0.05) is 39.2 Å². The summed E-state index contributed by atoms with van der Waals surface area (Å²) in [6.45, 7) is 1.56. The molecule has 0 aromatic carbocycles. The van der Waals surface area contributed by atoms with Crippen LogP contribution in [0.5, 0.6) is 0 Å². The SMILES string of the molecule is CN(C)c1ccc(C(=O)N2CCCCC2Cn2cccn2)cn1. The summed E-state index contributed by atoms with van der Waals surface area (Å²) in [6.07, 6.45) is 8.65. The summed E-state index contributed by atoms with van der Waals surface area (Å²) in [7, 11) is 3.88. The second kappa shape index (κ2) is 6.81. The smallest absolute Gasteiger partial charge is 0.255 e. The number of nitrogens with zero attached hydrogens (tertiary/aromatic N) is 5. The molecule has 6 nitrogen and oxygen atoms in total. The number of rotatable bonds is 4. The molecule has 1 aliphatic heterocycles. The van der Waals surface area contributed by atoms with Gasteiger partial charge in [-0.15, -0.1) is 0 Å². The van der Waals surface area contributed by atoms with E-state index in [0.29, 0.717) is 5.56 Å². The molecule has 0 radical (unpaired) electrons. The average molecular weight is 313 g/mol. The number of amides is 1. The number of hydrogen-bond donors (Lipinski definition) is 0. The summed E-state index contributed by atoms with van der Waals surface area (Å²) in [5, 5.41) is 4.27. The minimum atomic E-state index is 0.0691. The first-order chi connectivity index (χ1) is 11.1. The van der Waals surface area contributed by atoms with Gasteiger partial charge in [-0.25, -0.2) is 4.98 Å². The van der Waals surface area contributed by atoms with Crippen molar-refractivity contribution in [2.75, 3.05) is 25.5 Å². The van der Waals surface area contributed by atoms with Crippen LogP contribution in [0.2, 0.25) is 0 Å². The summed E-state index contributed by atoms with van der Waals surface area (Å²) >= 11 is 0. The Hall–Kier alpha value is -2.37. The van der Waals surface area contributed by atoms with E-state index >= 15 is 0 Å². The molecule has 2 aromatic heterocycles. The van der Waals surface area contributed by atoms with Crippen molar-refractivity contribution in [3.05, 3.63) is 42.4 Å². The number of likely N-dealkylation sites (tertiary alicyclic amines) is 1. The zero-order chi connectivity index (χ0) is 16.2. The number of anilines is 1. The van der Waals surface area contributed by atoms with Gasteiger partial charge in [-0.1, -0.05) is 0 Å². The molecule has 1 aliphatic rings. The zero-order valence-corrected chi connectivity index (χ0v) is 13.7. The molecular weight excluding hydrogens is 290 g/mol. The van der Waals surface area contributed by atoms with Crippen LogP contribution in [0.4, 0.5) is 5.82 Å². The number of hydrogen-bond acceptors (Lipinski definition) is 4. The van der Waals surface area contributed by atoms with Gasteiger partial charge in [-0.2, -0.15) is 5.10 Å². The second-order valence-electron chi connectivity index (χ2n) is 6.18. The fourth-order valence-electron chi connectivity index (χ4n) is 3.03. The van der Waals surface area contributed by atoms with Crippen LogP contribution >= 0.6 is 0 Å². The van der Waals surface area contributed by atoms with Crippen LogP contribution in [-0.4, -0.2) is 52.3 Å². The van der Waals surface area contributed by atoms with E-state index in [9.17, 15) is 4.79 Å². The highest BCUT2D eigenvalue weighted by Gasteiger charge is 2.28. The first kappa shape index (κ1) is 15.5. The van der Waals surface area contributed by atoms with Gasteiger partial charge in [0.1, 0.15) is 5.82 Å². The van der Waals surface area contributed by atoms with Crippen molar-refractivity contribution >= 4 is 11.7 Å². The van der Waals surface area contributed by atoms with E-state index in [1.54, 1.807) is 12.4 Å². The standard InChI is InChI=1S/C17H23N5O/c1-20(2)16-8-7-14(12-18-16)17(23)22-11-4-3-6-15(22)13-21-10-5-9-19-21/h5,7-10,12,15H,3-4,6,11,13H2,1-2H3. The average Bonchev–Trinajstić information content (AvgIpc) is 3.08. The Labute approximate surface area is 136 Å². The summed E-state index contributed by atoms with van der Waals surface area (Å²) in [4.78, 5) is 21.1. The summed E-state index contributed by atoms with van der Waals surface area (Å²) < 4.78 is 1.91. The molecule has 0 bridgehead atoms. The second-order valence-corrected chi connectivity index (χ2v) is 6.18. The Morgan fingerprint density at radius 3 is 2.87 bits per heavy atom. The molecule has 1 fully saturated rings. The maximum Gasteiger partial charge on any atom is 0.255 e. The van der Waals surface area contributed by atoms with Crippen LogP contribution in [0.25, 0.3) is 0 Å². The molecule has 122 valence electrons. The number of carbonyl (C=O) groups is 1. The lowest BCUT2D eigenvalue weighted by Gasteiger charge is -2.35. The summed E-state index contributed by atoms with van der Waals surface area (Å²) in [6, 6.07) is 5.87. The van der Waals surface area contributed by atoms with Crippen LogP contribution < -0.4 is 4.90 Å². The maximum atomic E-state index is 12.9. The predicted octanol–water partition coefficient (Wildman–Crippen LogP) is 2.04. The molecule has 0 N–H and O–H groups in total. The molecule has 0 saturated carbocycles. The lowest BCUT2D eigenvalue weighted by atomic mass is 10.0. The van der Waals surface area contributed by atoms with Crippen molar-refractivity contribution in [1.29, 1.82) is 0 Å². The van der Waals surface area contributed by atoms with Crippen molar-refractivity contribution in [3.8, 4) is 0 Å². The Morgan fingerprint density at radius 1 is 1.35 bits per heavy atom. The highest BCUT2D eigenvalue weighted by Crippen LogP contribution is 2.21. The third kappa shape index (κ3) is 3.52. The normalized spacial score (nSPS) is 18.0. The monoisotopic (exact) mass is 313 g/mol. The van der Waals surface area contributed by atoms with Gasteiger partial charge in [0.15, 0.2) is 0 Å². The quantitative estimate of drug-likeness (QED) is 0.867. The molecule has 1 atom stereocenters. The summed E-state index contributed by atoms with van der Waals surface area (Å²) in [5.41, 5.74) is 0.656. The first-order valence-electron chi connectivity index (χ1n) is 8.07. The van der Waals surface area contributed by atoms with Gasteiger partial charge >= 0.3 is 0 Å². The van der Waals surface area contributed by atoms with Gasteiger partial charge in [0.05, 0.1) is 18.2 Å². The number of piperidine rings is 1. The highest BCUT2D eigenvalue weighted by atomic mass is 16.2. The zero-order valence-electron chi connectivity index (χ0n) is 13.7. The van der Waals surface area contributed by atoms with Crippen molar-refractivity contribution in [1.82, 2.24) is 19.7 Å². The molecule has 1 saturated heterocycles. The third-order valence-electron chi connectivity index (χ3n) is 4.30. The number of carbonyl (C=O) groups excluding carboxylic acids is 1. The van der Waals surface area contributed by atoms with Gasteiger partial charge in [0.25, 0.3) is 5.91 Å². The fourth-order valence-corrected chi connectivity index (χ4v) is 3.03. The molecule has 1 unspecified atom stereocenters. The lowest BCUT2D eigenvalue weighted by Crippen LogP contribution is -2.46. The largest absolute Gasteiger partial charge is 0.363 e. The molecule has 3 rings (SSSR count). The Balaban J connectivity index is 1.75. The van der Waals surface area contributed by atoms with Crippen LogP contribution in [0.1, 0.15) is 29.6 Å². The van der Waals surface area contributed by atoms with Gasteiger partial charge < -0.3 is 9.80 Å². The topological polar surface area (TPSA) is 54.3 Å². The third-order valence-corrected chi connectivity index (χ3v) is 4.30. The Morgan fingerprint density at radius 2 is 2.22 bits per heavy atom. The number of aromatic nitrogens is 3. The van der Waals surface area contributed by atoms with Crippen LogP contribution in [-0.2, 0) is 6.54 Å². The fraction of sp³-hybridized carbons (Fsp3) is 0.471. The molecule has 0 spiro atoms. The van der Waals surface area contributed by atoms with Crippen LogP contribution in [0, 0.1) is 0 Å². The minimum absolute atomic E-state index is 0.0691. The van der Waals surface area contributed by atoms with Crippen molar-refractivity contribution < 1.29 is 4.79 Å². The molecule has 1 amide bonds. The highest BCUT2D eigenvalue weighted by molar-refractivity contribution is 5.94. The van der Waals surface area contributed by atoms with E-state index in [0.717, 1.165) is 38.2 Å². The van der Waals surface area contributed by atoms with Gasteiger partial charge in [-0.3, -0.25) is 9.48 Å². The molecule has 23 heavy (non-hydrogen) atoms. The van der Waals surface area contributed by atoms with Crippen LogP contribution in [0.3, 0.4) is 0 Å². The van der Waals surface area contributed by atoms with Crippen molar-refractivity contribution in [2.45, 2.75) is 31.8 Å². The number of pyridine rings is 1. The van der Waals surface area contributed by atoms with E-state index in [1.165, 1.54) is 0 Å². The molecule has 6 heteroatoms.